The summed E-state index contributed by atoms with van der Waals surface area (Å²) in [5.74, 6) is 0.840. The number of likely N-dealkylation sites (N-methyl/N-ethyl adjacent to an activating group) is 1. The van der Waals surface area contributed by atoms with Crippen molar-refractivity contribution in [1.82, 2.24) is 20.3 Å². The van der Waals surface area contributed by atoms with E-state index in [9.17, 15) is 4.79 Å². The third-order valence-corrected chi connectivity index (χ3v) is 4.25. The lowest BCUT2D eigenvalue weighted by atomic mass is 10.1. The number of amides is 2. The minimum Gasteiger partial charge on any atom is -0.361 e. The van der Waals surface area contributed by atoms with Crippen molar-refractivity contribution in [3.05, 3.63) is 17.0 Å². The number of piperidine rings is 1. The van der Waals surface area contributed by atoms with Gasteiger partial charge in [0.15, 0.2) is 0 Å². The number of nitrogens with zero attached hydrogens (tertiary/aromatic N) is 3. The number of nitrogens with one attached hydrogen (secondary N) is 1. The van der Waals surface area contributed by atoms with Crippen LogP contribution in [0.1, 0.15) is 29.9 Å². The molecule has 1 aliphatic rings. The number of carbonyl (C=O) groups excluding carboxylic acids is 1. The molecule has 1 N–H and O–H groups in total. The average Bonchev–Trinajstić information content (AvgIpc) is 2.79. The fourth-order valence-electron chi connectivity index (χ4n) is 2.83. The summed E-state index contributed by atoms with van der Waals surface area (Å²) in [5.41, 5.74) is 2.01. The molecule has 1 unspecified atom stereocenters. The van der Waals surface area contributed by atoms with Crippen LogP contribution in [0.2, 0.25) is 0 Å². The largest absolute Gasteiger partial charge is 0.361 e. The normalized spacial score (nSPS) is 19.1. The second-order valence-corrected chi connectivity index (χ2v) is 5.99. The van der Waals surface area contributed by atoms with Crippen molar-refractivity contribution in [3.8, 4) is 0 Å². The van der Waals surface area contributed by atoms with Crippen LogP contribution in [0, 0.1) is 13.8 Å². The summed E-state index contributed by atoms with van der Waals surface area (Å²) in [5, 5.41) is 6.93. The van der Waals surface area contributed by atoms with Crippen LogP contribution in [0.15, 0.2) is 4.52 Å². The summed E-state index contributed by atoms with van der Waals surface area (Å²) in [7, 11) is 4.15. The van der Waals surface area contributed by atoms with Gasteiger partial charge in [0.1, 0.15) is 5.76 Å². The molecule has 1 aromatic heterocycles. The maximum atomic E-state index is 12.2. The highest BCUT2D eigenvalue weighted by Gasteiger charge is 2.24. The minimum atomic E-state index is 0.0355. The first-order valence-electron chi connectivity index (χ1n) is 7.60. The second-order valence-electron chi connectivity index (χ2n) is 5.99. The Balaban J connectivity index is 1.79. The molecule has 1 aliphatic heterocycles. The standard InChI is InChI=1S/C15H26N4O2/c1-11-14(12(2)21-17-11)7-8-16-15(20)19-9-5-6-13(10-19)18(3)4/h13H,5-10H2,1-4H3,(H,16,20). The molecule has 1 fully saturated rings. The third kappa shape index (κ3) is 3.97. The lowest BCUT2D eigenvalue weighted by Crippen LogP contribution is -2.51. The quantitative estimate of drug-likeness (QED) is 0.915. The first kappa shape index (κ1) is 15.8. The van der Waals surface area contributed by atoms with Gasteiger partial charge in [0.25, 0.3) is 0 Å². The summed E-state index contributed by atoms with van der Waals surface area (Å²) in [6, 6.07) is 0.500. The number of rotatable bonds is 4. The summed E-state index contributed by atoms with van der Waals surface area (Å²) < 4.78 is 5.13. The first-order valence-corrected chi connectivity index (χ1v) is 7.60. The molecule has 118 valence electrons. The zero-order valence-electron chi connectivity index (χ0n) is 13.5. The minimum absolute atomic E-state index is 0.0355. The molecule has 0 aliphatic carbocycles. The van der Waals surface area contributed by atoms with E-state index >= 15 is 0 Å². The van der Waals surface area contributed by atoms with Crippen LogP contribution in [0.5, 0.6) is 0 Å². The van der Waals surface area contributed by atoms with Gasteiger partial charge in [-0.2, -0.15) is 0 Å². The Morgan fingerprint density at radius 3 is 2.86 bits per heavy atom. The number of carbonyl (C=O) groups is 1. The summed E-state index contributed by atoms with van der Waals surface area (Å²) >= 11 is 0. The van der Waals surface area contributed by atoms with Crippen LogP contribution in [-0.2, 0) is 6.42 Å². The zero-order valence-corrected chi connectivity index (χ0v) is 13.5. The van der Waals surface area contributed by atoms with Gasteiger partial charge in [-0.25, -0.2) is 4.79 Å². The van der Waals surface area contributed by atoms with Crippen molar-refractivity contribution in [2.24, 2.45) is 0 Å². The van der Waals surface area contributed by atoms with Gasteiger partial charge in [-0.05, 0) is 47.2 Å². The van der Waals surface area contributed by atoms with Gasteiger partial charge >= 0.3 is 6.03 Å². The summed E-state index contributed by atoms with van der Waals surface area (Å²) in [6.45, 7) is 6.11. The maximum absolute atomic E-state index is 12.2. The Bertz CT molecular complexity index is 465. The lowest BCUT2D eigenvalue weighted by Gasteiger charge is -2.36. The zero-order chi connectivity index (χ0) is 15.4. The molecule has 21 heavy (non-hydrogen) atoms. The van der Waals surface area contributed by atoms with Crippen LogP contribution in [0.25, 0.3) is 0 Å². The highest BCUT2D eigenvalue weighted by atomic mass is 16.5. The van der Waals surface area contributed by atoms with Crippen molar-refractivity contribution < 1.29 is 9.32 Å². The summed E-state index contributed by atoms with van der Waals surface area (Å²) in [6.07, 6.45) is 2.99. The first-order chi connectivity index (χ1) is 9.99. The van der Waals surface area contributed by atoms with Gasteiger partial charge in [-0.3, -0.25) is 0 Å². The Morgan fingerprint density at radius 1 is 1.48 bits per heavy atom. The smallest absolute Gasteiger partial charge is 0.317 e. The molecular weight excluding hydrogens is 268 g/mol. The van der Waals surface area contributed by atoms with E-state index in [1.807, 2.05) is 18.7 Å². The van der Waals surface area contributed by atoms with Crippen LogP contribution in [0.4, 0.5) is 4.79 Å². The van der Waals surface area contributed by atoms with Gasteiger partial charge in [0.05, 0.1) is 5.69 Å². The topological polar surface area (TPSA) is 61.6 Å². The third-order valence-electron chi connectivity index (χ3n) is 4.25. The van der Waals surface area contributed by atoms with Crippen LogP contribution < -0.4 is 5.32 Å². The van der Waals surface area contributed by atoms with E-state index in [1.165, 1.54) is 0 Å². The average molecular weight is 294 g/mol. The van der Waals surface area contributed by atoms with E-state index in [0.29, 0.717) is 12.6 Å². The van der Waals surface area contributed by atoms with Crippen molar-refractivity contribution in [3.63, 3.8) is 0 Å². The molecule has 0 bridgehead atoms. The van der Waals surface area contributed by atoms with Crippen molar-refractivity contribution >= 4 is 6.03 Å². The van der Waals surface area contributed by atoms with Crippen LogP contribution in [-0.4, -0.2) is 60.8 Å². The molecule has 0 aromatic carbocycles. The highest BCUT2D eigenvalue weighted by molar-refractivity contribution is 5.74. The Hall–Kier alpha value is -1.56. The van der Waals surface area contributed by atoms with Crippen LogP contribution >= 0.6 is 0 Å². The maximum Gasteiger partial charge on any atom is 0.317 e. The summed E-state index contributed by atoms with van der Waals surface area (Å²) in [4.78, 5) is 16.3. The number of likely N-dealkylation sites (tertiary alicyclic amines) is 1. The Morgan fingerprint density at radius 2 is 2.24 bits per heavy atom. The fraction of sp³-hybridized carbons (Fsp3) is 0.733. The molecule has 0 spiro atoms. The molecular formula is C15H26N4O2. The lowest BCUT2D eigenvalue weighted by molar-refractivity contribution is 0.140. The SMILES string of the molecule is Cc1noc(C)c1CCNC(=O)N1CCCC(N(C)C)C1. The molecule has 2 amide bonds. The number of urea groups is 1. The predicted molar refractivity (Wildman–Crippen MR) is 81.4 cm³/mol. The molecule has 0 radical (unpaired) electrons. The fourth-order valence-corrected chi connectivity index (χ4v) is 2.83. The number of hydrogen-bond acceptors (Lipinski definition) is 4. The Kier molecular flexibility index (Phi) is 5.22. The van der Waals surface area contributed by atoms with E-state index in [0.717, 1.165) is 49.4 Å². The molecule has 2 rings (SSSR count). The molecule has 6 heteroatoms. The number of aromatic nitrogens is 1. The van der Waals surface area contributed by atoms with Crippen LogP contribution in [0.3, 0.4) is 0 Å². The molecule has 1 aromatic rings. The van der Waals surface area contributed by atoms with E-state index < -0.39 is 0 Å². The molecule has 1 atom stereocenters. The molecule has 1 saturated heterocycles. The monoisotopic (exact) mass is 294 g/mol. The van der Waals surface area contributed by atoms with Crippen molar-refractivity contribution in [1.29, 1.82) is 0 Å². The van der Waals surface area contributed by atoms with Gasteiger partial charge in [-0.15, -0.1) is 0 Å². The van der Waals surface area contributed by atoms with Crippen molar-refractivity contribution in [2.45, 2.75) is 39.2 Å². The van der Waals surface area contributed by atoms with Gasteiger partial charge < -0.3 is 19.6 Å². The molecule has 2 heterocycles. The van der Waals surface area contributed by atoms with Gasteiger partial charge in [0, 0.05) is 31.2 Å². The highest BCUT2D eigenvalue weighted by Crippen LogP contribution is 2.14. The van der Waals surface area contributed by atoms with Crippen molar-refractivity contribution in [2.75, 3.05) is 33.7 Å². The molecule has 0 saturated carbocycles. The number of hydrogen-bond donors (Lipinski definition) is 1. The molecule has 6 nitrogen and oxygen atoms in total. The van der Waals surface area contributed by atoms with E-state index in [-0.39, 0.29) is 6.03 Å². The number of aryl methyl sites for hydroxylation is 2. The second kappa shape index (κ2) is 6.93. The predicted octanol–water partition coefficient (Wildman–Crippen LogP) is 1.57. The van der Waals surface area contributed by atoms with E-state index in [4.69, 9.17) is 4.52 Å². The van der Waals surface area contributed by atoms with E-state index in [2.05, 4.69) is 29.5 Å². The Labute approximate surface area is 126 Å². The van der Waals surface area contributed by atoms with Gasteiger partial charge in [0.2, 0.25) is 0 Å². The van der Waals surface area contributed by atoms with Gasteiger partial charge in [-0.1, -0.05) is 5.16 Å². The van der Waals surface area contributed by atoms with E-state index in [1.54, 1.807) is 0 Å².